The molecule has 0 N–H and O–H groups in total. The fraction of sp³-hybridized carbons (Fsp3) is 0.278. The van der Waals surface area contributed by atoms with E-state index < -0.39 is 0 Å². The Kier molecular flexibility index (Phi) is 4.17. The quantitative estimate of drug-likeness (QED) is 0.575. The summed E-state index contributed by atoms with van der Waals surface area (Å²) < 4.78 is 4.52. The monoisotopic (exact) mass is 294 g/mol. The molecule has 0 saturated heterocycles. The molecule has 0 saturated carbocycles. The minimum absolute atomic E-state index is 0.556. The molecular weight excluding hydrogens is 276 g/mol. The average molecular weight is 294 g/mol. The molecule has 2 aliphatic heterocycles. The van der Waals surface area contributed by atoms with Crippen molar-refractivity contribution in [3.63, 3.8) is 0 Å². The fourth-order valence-corrected chi connectivity index (χ4v) is 2.95. The molecule has 2 heterocycles. The predicted molar refractivity (Wildman–Crippen MR) is 91.2 cm³/mol. The molecule has 0 spiro atoms. The molecule has 3 heteroatoms. The Labute approximate surface area is 130 Å². The Balaban J connectivity index is 1.82. The summed E-state index contributed by atoms with van der Waals surface area (Å²) in [7, 11) is 0. The van der Waals surface area contributed by atoms with Crippen molar-refractivity contribution in [2.24, 2.45) is 4.40 Å². The smallest absolute Gasteiger partial charge is 0.156 e. The van der Waals surface area contributed by atoms with Gasteiger partial charge in [0.05, 0.1) is 5.57 Å². The van der Waals surface area contributed by atoms with E-state index in [-0.39, 0.29) is 0 Å². The van der Waals surface area contributed by atoms with E-state index in [9.17, 15) is 0 Å². The Hall–Kier alpha value is -1.92. The van der Waals surface area contributed by atoms with Crippen LogP contribution in [0.5, 0.6) is 0 Å². The Bertz CT molecular complexity index is 669. The van der Waals surface area contributed by atoms with Gasteiger partial charge in [-0.05, 0) is 47.7 Å². The predicted octanol–water partition coefficient (Wildman–Crippen LogP) is 3.98. The molecule has 2 aliphatic rings. The van der Waals surface area contributed by atoms with Crippen LogP contribution in [0.15, 0.2) is 52.6 Å². The highest BCUT2D eigenvalue weighted by Crippen LogP contribution is 2.20. The molecule has 0 atom stereocenters. The van der Waals surface area contributed by atoms with Crippen LogP contribution in [0, 0.1) is 11.8 Å². The maximum absolute atomic E-state index is 4.52. The van der Waals surface area contributed by atoms with Crippen LogP contribution in [0.3, 0.4) is 0 Å². The van der Waals surface area contributed by atoms with Crippen LogP contribution in [0.2, 0.25) is 0 Å². The molecule has 0 aliphatic carbocycles. The molecule has 1 aromatic carbocycles. The molecule has 0 unspecified atom stereocenters. The van der Waals surface area contributed by atoms with Crippen molar-refractivity contribution in [1.82, 2.24) is 4.90 Å². The van der Waals surface area contributed by atoms with Crippen LogP contribution in [0.1, 0.15) is 30.9 Å². The first kappa shape index (κ1) is 14.0. The van der Waals surface area contributed by atoms with E-state index >= 15 is 0 Å². The minimum atomic E-state index is 0.556. The fourth-order valence-electron chi connectivity index (χ4n) is 2.26. The molecule has 2 nitrogen and oxygen atoms in total. The number of benzene rings is 1. The average Bonchev–Trinajstić information content (AvgIpc) is 2.53. The van der Waals surface area contributed by atoms with Crippen LogP contribution < -0.4 is 0 Å². The van der Waals surface area contributed by atoms with Crippen molar-refractivity contribution in [3.05, 3.63) is 59.3 Å². The third-order valence-corrected chi connectivity index (χ3v) is 4.20. The molecule has 3 rings (SSSR count). The number of amidine groups is 1. The van der Waals surface area contributed by atoms with Gasteiger partial charge in [-0.2, -0.15) is 4.40 Å². The Morgan fingerprint density at radius 2 is 2.00 bits per heavy atom. The van der Waals surface area contributed by atoms with Gasteiger partial charge in [-0.3, -0.25) is 0 Å². The van der Waals surface area contributed by atoms with Crippen LogP contribution >= 0.6 is 11.9 Å². The molecule has 1 aromatic rings. The van der Waals surface area contributed by atoms with Crippen LogP contribution in [-0.2, 0) is 0 Å². The lowest BCUT2D eigenvalue weighted by Gasteiger charge is -2.27. The standard InChI is InChI=1S/C18H18N2S/c1-14(2)16-8-5-15(6-9-16)7-10-17-4-3-11-20-12-13-21-19-18(17)20/h3-6,8-9,11,14H,12-13H2,1-2H3. The second-order valence-electron chi connectivity index (χ2n) is 5.39. The van der Waals surface area contributed by atoms with E-state index in [1.165, 1.54) is 5.56 Å². The van der Waals surface area contributed by atoms with Crippen LogP contribution in [-0.4, -0.2) is 23.0 Å². The molecule has 0 radical (unpaired) electrons. The second-order valence-corrected chi connectivity index (χ2v) is 6.24. The number of rotatable bonds is 1. The molecule has 0 aromatic heterocycles. The van der Waals surface area contributed by atoms with Gasteiger partial charge in [0.25, 0.3) is 0 Å². The van der Waals surface area contributed by atoms with E-state index in [4.69, 9.17) is 0 Å². The Morgan fingerprint density at radius 3 is 2.76 bits per heavy atom. The summed E-state index contributed by atoms with van der Waals surface area (Å²) in [6.45, 7) is 5.41. The first-order chi connectivity index (χ1) is 10.2. The molecule has 21 heavy (non-hydrogen) atoms. The van der Waals surface area contributed by atoms with Crippen molar-refractivity contribution in [2.45, 2.75) is 19.8 Å². The maximum Gasteiger partial charge on any atom is 0.156 e. The molecule has 0 amide bonds. The van der Waals surface area contributed by atoms with Crippen LogP contribution in [0.4, 0.5) is 0 Å². The van der Waals surface area contributed by atoms with Gasteiger partial charge in [0, 0.05) is 24.1 Å². The lowest BCUT2D eigenvalue weighted by molar-refractivity contribution is 0.589. The van der Waals surface area contributed by atoms with Crippen molar-refractivity contribution >= 4 is 17.8 Å². The zero-order valence-corrected chi connectivity index (χ0v) is 13.2. The van der Waals surface area contributed by atoms with E-state index in [0.717, 1.165) is 29.3 Å². The number of fused-ring (bicyclic) bond motifs is 1. The summed E-state index contributed by atoms with van der Waals surface area (Å²) in [4.78, 5) is 2.17. The van der Waals surface area contributed by atoms with Crippen molar-refractivity contribution in [2.75, 3.05) is 12.3 Å². The van der Waals surface area contributed by atoms with Crippen LogP contribution in [0.25, 0.3) is 0 Å². The van der Waals surface area contributed by atoms with Gasteiger partial charge in [0.15, 0.2) is 5.84 Å². The SMILES string of the molecule is CC(C)c1ccc(C#CC2=CC=CN3CCSN=C23)cc1. The van der Waals surface area contributed by atoms with Gasteiger partial charge in [-0.15, -0.1) is 0 Å². The Morgan fingerprint density at radius 1 is 1.19 bits per heavy atom. The topological polar surface area (TPSA) is 15.6 Å². The summed E-state index contributed by atoms with van der Waals surface area (Å²) in [5.41, 5.74) is 3.39. The minimum Gasteiger partial charge on any atom is -0.331 e. The third kappa shape index (κ3) is 3.22. The van der Waals surface area contributed by atoms with Gasteiger partial charge in [-0.1, -0.05) is 37.8 Å². The molecule has 0 fully saturated rings. The number of hydrogen-bond donors (Lipinski definition) is 0. The van der Waals surface area contributed by atoms with Crippen molar-refractivity contribution < 1.29 is 0 Å². The highest BCUT2D eigenvalue weighted by Gasteiger charge is 2.18. The van der Waals surface area contributed by atoms with E-state index in [1.807, 2.05) is 12.2 Å². The summed E-state index contributed by atoms with van der Waals surface area (Å²) in [6, 6.07) is 8.50. The lowest BCUT2D eigenvalue weighted by atomic mass is 10.0. The maximum atomic E-state index is 4.52. The second kappa shape index (κ2) is 6.24. The normalized spacial score (nSPS) is 16.8. The van der Waals surface area contributed by atoms with Gasteiger partial charge in [-0.25, -0.2) is 0 Å². The first-order valence-electron chi connectivity index (χ1n) is 7.21. The lowest BCUT2D eigenvalue weighted by Crippen LogP contribution is -2.32. The largest absolute Gasteiger partial charge is 0.331 e. The van der Waals surface area contributed by atoms with Gasteiger partial charge < -0.3 is 4.90 Å². The highest BCUT2D eigenvalue weighted by molar-refractivity contribution is 7.98. The van der Waals surface area contributed by atoms with Crippen molar-refractivity contribution in [3.8, 4) is 11.8 Å². The summed E-state index contributed by atoms with van der Waals surface area (Å²) >= 11 is 1.61. The third-order valence-electron chi connectivity index (χ3n) is 3.54. The van der Waals surface area contributed by atoms with Gasteiger partial charge in [0.1, 0.15) is 0 Å². The highest BCUT2D eigenvalue weighted by atomic mass is 32.2. The van der Waals surface area contributed by atoms with Gasteiger partial charge >= 0.3 is 0 Å². The molecule has 106 valence electrons. The molecule has 0 bridgehead atoms. The summed E-state index contributed by atoms with van der Waals surface area (Å²) in [5, 5.41) is 0. The zero-order chi connectivity index (χ0) is 14.7. The van der Waals surface area contributed by atoms with E-state index in [1.54, 1.807) is 11.9 Å². The first-order valence-corrected chi connectivity index (χ1v) is 8.16. The van der Waals surface area contributed by atoms with E-state index in [2.05, 4.69) is 65.5 Å². The number of hydrogen-bond acceptors (Lipinski definition) is 3. The number of allylic oxidation sites excluding steroid dienone is 2. The van der Waals surface area contributed by atoms with Crippen molar-refractivity contribution in [1.29, 1.82) is 0 Å². The molecular formula is C18H18N2S. The van der Waals surface area contributed by atoms with E-state index in [0.29, 0.717) is 5.92 Å². The summed E-state index contributed by atoms with van der Waals surface area (Å²) in [5.74, 6) is 9.08. The zero-order valence-electron chi connectivity index (χ0n) is 12.3. The number of nitrogens with zero attached hydrogens (tertiary/aromatic N) is 2. The van der Waals surface area contributed by atoms with Gasteiger partial charge in [0.2, 0.25) is 0 Å². The summed E-state index contributed by atoms with van der Waals surface area (Å²) in [6.07, 6.45) is 6.15.